The second-order valence-corrected chi connectivity index (χ2v) is 6.02. The third-order valence-corrected chi connectivity index (χ3v) is 4.19. The Kier molecular flexibility index (Phi) is 3.28. The lowest BCUT2D eigenvalue weighted by atomic mass is 9.73. The van der Waals surface area contributed by atoms with Crippen molar-refractivity contribution in [2.24, 2.45) is 5.92 Å². The smallest absolute Gasteiger partial charge is 0.326 e. The number of alkyl halides is 3. The van der Waals surface area contributed by atoms with E-state index in [1.165, 1.54) is 18.2 Å². The van der Waals surface area contributed by atoms with Gasteiger partial charge in [0, 0.05) is 17.1 Å². The molecule has 6 heteroatoms. The normalized spacial score (nSPS) is 25.8. The molecule has 1 aliphatic carbocycles. The van der Waals surface area contributed by atoms with Crippen LogP contribution in [0.3, 0.4) is 0 Å². The number of halogens is 4. The highest BCUT2D eigenvalue weighted by Gasteiger charge is 2.58. The van der Waals surface area contributed by atoms with E-state index in [1.807, 2.05) is 0 Å². The molecule has 112 valence electrons. The standard InChI is InChI=1S/C15H13ClF3NO/c16-10-3-4-12-11(7-10)14(15(17,18)19,8-13(21)20-12)6-5-9-1-2-9/h3-7,9H,1-2,8H2,(H,20,21). The molecule has 1 aliphatic heterocycles. The van der Waals surface area contributed by atoms with Gasteiger partial charge in [0.1, 0.15) is 5.41 Å². The molecule has 2 nitrogen and oxygen atoms in total. The molecular formula is C15H13ClF3NO. The van der Waals surface area contributed by atoms with E-state index < -0.39 is 23.9 Å². The molecule has 0 aromatic heterocycles. The average molecular weight is 316 g/mol. The predicted molar refractivity (Wildman–Crippen MR) is 74.3 cm³/mol. The minimum atomic E-state index is -4.56. The Balaban J connectivity index is 2.18. The second kappa shape index (κ2) is 4.77. The van der Waals surface area contributed by atoms with Gasteiger partial charge in [0.05, 0.1) is 0 Å². The van der Waals surface area contributed by atoms with Crippen LogP contribution < -0.4 is 5.32 Å². The third-order valence-electron chi connectivity index (χ3n) is 3.96. The van der Waals surface area contributed by atoms with Gasteiger partial charge in [0.2, 0.25) is 5.91 Å². The van der Waals surface area contributed by atoms with Gasteiger partial charge >= 0.3 is 6.18 Å². The van der Waals surface area contributed by atoms with Crippen molar-refractivity contribution in [3.05, 3.63) is 40.9 Å². The highest BCUT2D eigenvalue weighted by atomic mass is 35.5. The minimum absolute atomic E-state index is 0.0130. The summed E-state index contributed by atoms with van der Waals surface area (Å²) in [6, 6.07) is 4.18. The molecule has 0 radical (unpaired) electrons. The number of hydrogen-bond donors (Lipinski definition) is 1. The zero-order valence-corrected chi connectivity index (χ0v) is 11.8. The summed E-state index contributed by atoms with van der Waals surface area (Å²) in [5.74, 6) is -0.445. The molecule has 21 heavy (non-hydrogen) atoms. The number of benzene rings is 1. The van der Waals surface area contributed by atoms with E-state index >= 15 is 0 Å². The second-order valence-electron chi connectivity index (χ2n) is 5.58. The summed E-state index contributed by atoms with van der Waals surface area (Å²) in [5.41, 5.74) is -2.11. The fourth-order valence-corrected chi connectivity index (χ4v) is 2.79. The molecule has 1 N–H and O–H groups in total. The Hall–Kier alpha value is -1.49. The van der Waals surface area contributed by atoms with Crippen molar-refractivity contribution in [3.8, 4) is 0 Å². The van der Waals surface area contributed by atoms with Gasteiger partial charge in [-0.3, -0.25) is 4.79 Å². The van der Waals surface area contributed by atoms with E-state index in [0.717, 1.165) is 18.9 Å². The van der Waals surface area contributed by atoms with Crippen LogP contribution in [0.2, 0.25) is 5.02 Å². The van der Waals surface area contributed by atoms with Gasteiger partial charge in [-0.1, -0.05) is 23.8 Å². The Bertz CT molecular complexity index is 622. The number of hydrogen-bond acceptors (Lipinski definition) is 1. The van der Waals surface area contributed by atoms with Gasteiger partial charge in [-0.15, -0.1) is 0 Å². The summed E-state index contributed by atoms with van der Waals surface area (Å²) in [5, 5.41) is 2.71. The van der Waals surface area contributed by atoms with Gasteiger partial charge in [-0.05, 0) is 42.5 Å². The number of anilines is 1. The summed E-state index contributed by atoms with van der Waals surface area (Å²) in [7, 11) is 0. The van der Waals surface area contributed by atoms with Crippen molar-refractivity contribution in [3.63, 3.8) is 0 Å². The molecule has 0 spiro atoms. The van der Waals surface area contributed by atoms with Crippen LogP contribution in [-0.4, -0.2) is 12.1 Å². The van der Waals surface area contributed by atoms with E-state index in [9.17, 15) is 18.0 Å². The van der Waals surface area contributed by atoms with Crippen LogP contribution in [0.5, 0.6) is 0 Å². The van der Waals surface area contributed by atoms with Gasteiger partial charge < -0.3 is 5.32 Å². The molecule has 0 saturated heterocycles. The first-order valence-electron chi connectivity index (χ1n) is 6.68. The van der Waals surface area contributed by atoms with E-state index in [4.69, 9.17) is 11.6 Å². The first kappa shape index (κ1) is 14.4. The van der Waals surface area contributed by atoms with Crippen molar-refractivity contribution in [2.75, 3.05) is 5.32 Å². The molecule has 1 amide bonds. The van der Waals surface area contributed by atoms with Crippen molar-refractivity contribution in [2.45, 2.75) is 30.9 Å². The molecule has 1 heterocycles. The molecule has 2 aliphatic rings. The summed E-state index contributed by atoms with van der Waals surface area (Å²) < 4.78 is 41.3. The summed E-state index contributed by atoms with van der Waals surface area (Å²) >= 11 is 5.86. The van der Waals surface area contributed by atoms with Crippen molar-refractivity contribution in [1.82, 2.24) is 0 Å². The van der Waals surface area contributed by atoms with Crippen molar-refractivity contribution >= 4 is 23.2 Å². The molecular weight excluding hydrogens is 303 g/mol. The first-order valence-corrected chi connectivity index (χ1v) is 7.05. The van der Waals surface area contributed by atoms with Crippen LogP contribution in [0.4, 0.5) is 18.9 Å². The van der Waals surface area contributed by atoms with Gasteiger partial charge in [-0.25, -0.2) is 0 Å². The topological polar surface area (TPSA) is 29.1 Å². The average Bonchev–Trinajstić information content (AvgIpc) is 3.19. The Morgan fingerprint density at radius 2 is 2.05 bits per heavy atom. The maximum absolute atomic E-state index is 13.8. The molecule has 1 aromatic rings. The summed E-state index contributed by atoms with van der Waals surface area (Å²) in [6.45, 7) is 0. The maximum Gasteiger partial charge on any atom is 0.402 e. The van der Waals surface area contributed by atoms with Crippen LogP contribution >= 0.6 is 11.6 Å². The number of rotatable bonds is 2. The molecule has 1 atom stereocenters. The Labute approximate surface area is 125 Å². The van der Waals surface area contributed by atoms with E-state index in [-0.39, 0.29) is 22.2 Å². The van der Waals surface area contributed by atoms with E-state index in [0.29, 0.717) is 0 Å². The first-order chi connectivity index (χ1) is 9.82. The largest absolute Gasteiger partial charge is 0.402 e. The van der Waals surface area contributed by atoms with Gasteiger partial charge in [0.15, 0.2) is 0 Å². The zero-order chi connectivity index (χ0) is 15.3. The molecule has 1 saturated carbocycles. The SMILES string of the molecule is O=C1CC(C=CC2CC2)(C(F)(F)F)c2cc(Cl)ccc2N1. The van der Waals surface area contributed by atoms with Crippen LogP contribution in [0, 0.1) is 5.92 Å². The van der Waals surface area contributed by atoms with Crippen molar-refractivity contribution in [1.29, 1.82) is 0 Å². The van der Waals surface area contributed by atoms with Crippen LogP contribution in [0.15, 0.2) is 30.4 Å². The fraction of sp³-hybridized carbons (Fsp3) is 0.400. The Morgan fingerprint density at radius 1 is 1.33 bits per heavy atom. The lowest BCUT2D eigenvalue weighted by Crippen LogP contribution is -2.47. The number of amides is 1. The highest BCUT2D eigenvalue weighted by molar-refractivity contribution is 6.30. The van der Waals surface area contributed by atoms with E-state index in [1.54, 1.807) is 6.08 Å². The number of carbonyl (C=O) groups is 1. The maximum atomic E-state index is 13.8. The molecule has 0 bridgehead atoms. The minimum Gasteiger partial charge on any atom is -0.326 e. The van der Waals surface area contributed by atoms with Crippen molar-refractivity contribution < 1.29 is 18.0 Å². The lowest BCUT2D eigenvalue weighted by Gasteiger charge is -2.38. The number of fused-ring (bicyclic) bond motifs is 1. The highest BCUT2D eigenvalue weighted by Crippen LogP contribution is 2.51. The third kappa shape index (κ3) is 2.55. The Morgan fingerprint density at radius 3 is 2.67 bits per heavy atom. The number of allylic oxidation sites excluding steroid dienone is 2. The molecule has 1 aromatic carbocycles. The van der Waals surface area contributed by atoms with Crippen LogP contribution in [0.25, 0.3) is 0 Å². The monoisotopic (exact) mass is 315 g/mol. The molecule has 3 rings (SSSR count). The van der Waals surface area contributed by atoms with Crippen LogP contribution in [0.1, 0.15) is 24.8 Å². The fourth-order valence-electron chi connectivity index (χ4n) is 2.62. The quantitative estimate of drug-likeness (QED) is 0.803. The van der Waals surface area contributed by atoms with Crippen LogP contribution in [-0.2, 0) is 10.2 Å². The van der Waals surface area contributed by atoms with Gasteiger partial charge in [-0.2, -0.15) is 13.2 Å². The lowest BCUT2D eigenvalue weighted by molar-refractivity contribution is -0.180. The van der Waals surface area contributed by atoms with Gasteiger partial charge in [0.25, 0.3) is 0 Å². The summed E-state index contributed by atoms with van der Waals surface area (Å²) in [6.07, 6.45) is -0.671. The van der Waals surface area contributed by atoms with E-state index in [2.05, 4.69) is 5.32 Å². The zero-order valence-electron chi connectivity index (χ0n) is 11.0. The molecule has 1 unspecified atom stereocenters. The summed E-state index contributed by atoms with van der Waals surface area (Å²) in [4.78, 5) is 11.8. The predicted octanol–water partition coefficient (Wildman–Crippen LogP) is 4.45. The number of carbonyl (C=O) groups excluding carboxylic acids is 1. The molecule has 1 fully saturated rings. The number of nitrogens with one attached hydrogen (secondary N) is 1.